The zero-order valence-corrected chi connectivity index (χ0v) is 25.1. The summed E-state index contributed by atoms with van der Waals surface area (Å²) < 4.78 is 9.93. The third-order valence-electron chi connectivity index (χ3n) is 6.81. The number of hydrogen-bond acceptors (Lipinski definition) is 2. The monoisotopic (exact) mass is 645 g/mol. The number of rotatable bonds is 12. The Kier molecular flexibility index (Phi) is 11.4. The molecule has 0 amide bonds. The normalized spacial score (nSPS) is 15.0. The maximum absolute atomic E-state index is 6.85. The number of fused-ring (bicyclic) bond motifs is 2. The average molecular weight is 646 g/mol. The van der Waals surface area contributed by atoms with Gasteiger partial charge in [-0.3, -0.25) is 0 Å². The molecule has 33 heavy (non-hydrogen) atoms. The van der Waals surface area contributed by atoms with Gasteiger partial charge in [0, 0.05) is 0 Å². The van der Waals surface area contributed by atoms with Crippen molar-refractivity contribution in [2.75, 3.05) is 6.61 Å². The third-order valence-corrected chi connectivity index (χ3v) is 15.3. The van der Waals surface area contributed by atoms with Crippen LogP contribution in [0.15, 0.2) is 48.5 Å². The van der Waals surface area contributed by atoms with Crippen LogP contribution in [-0.2, 0) is 15.9 Å². The van der Waals surface area contributed by atoms with Crippen LogP contribution in [0.1, 0.15) is 103 Å². The van der Waals surface area contributed by atoms with Gasteiger partial charge in [-0.15, -0.1) is 0 Å². The van der Waals surface area contributed by atoms with Crippen molar-refractivity contribution in [2.45, 2.75) is 111 Å². The van der Waals surface area contributed by atoms with E-state index in [2.05, 4.69) is 81.1 Å². The van der Waals surface area contributed by atoms with E-state index in [1.807, 2.05) is 0 Å². The van der Waals surface area contributed by atoms with E-state index in [0.29, 0.717) is 0 Å². The Morgan fingerprint density at radius 1 is 0.697 bits per heavy atom. The van der Waals surface area contributed by atoms with Crippen molar-refractivity contribution >= 4 is 28.7 Å². The Bertz CT molecular complexity index is 779. The van der Waals surface area contributed by atoms with Gasteiger partial charge in [0.05, 0.1) is 0 Å². The molecule has 1 heterocycles. The second-order valence-electron chi connectivity index (χ2n) is 10.6. The van der Waals surface area contributed by atoms with Crippen molar-refractivity contribution in [3.63, 3.8) is 0 Å². The van der Waals surface area contributed by atoms with Crippen LogP contribution in [0.4, 0.5) is 0 Å². The molecule has 2 aromatic carbocycles. The average Bonchev–Trinajstić information content (AvgIpc) is 2.79. The van der Waals surface area contributed by atoms with Crippen molar-refractivity contribution in [1.29, 1.82) is 0 Å². The molecule has 2 nitrogen and oxygen atoms in total. The van der Waals surface area contributed by atoms with E-state index in [1.54, 1.807) is 6.54 Å². The summed E-state index contributed by atoms with van der Waals surface area (Å²) in [6.07, 6.45) is 13.7. The molecule has 3 heteroatoms. The second-order valence-corrected chi connectivity index (χ2v) is 17.6. The first-order chi connectivity index (χ1) is 16.0. The van der Waals surface area contributed by atoms with Gasteiger partial charge in [-0.1, -0.05) is 6.92 Å². The first-order valence-electron chi connectivity index (χ1n) is 13.3. The molecular formula is C30H46BiNO. The zero-order chi connectivity index (χ0) is 23.5. The number of nitrogens with zero attached hydrogens (tertiary/aromatic N) is 1. The summed E-state index contributed by atoms with van der Waals surface area (Å²) in [6, 6.07) is 18.3. The summed E-state index contributed by atoms with van der Waals surface area (Å²) in [5, 5.41) is 0. The molecule has 0 saturated heterocycles. The molecule has 0 saturated carbocycles. The molecule has 182 valence electrons. The quantitative estimate of drug-likeness (QED) is 0.185. The molecule has 0 bridgehead atoms. The summed E-state index contributed by atoms with van der Waals surface area (Å²) >= 11 is -2.49. The van der Waals surface area contributed by atoms with Crippen LogP contribution >= 0.6 is 0 Å². The molecule has 0 unspecified atom stereocenters. The Morgan fingerprint density at radius 2 is 1.15 bits per heavy atom. The fourth-order valence-corrected chi connectivity index (χ4v) is 12.8. The van der Waals surface area contributed by atoms with Crippen molar-refractivity contribution in [3.8, 4) is 0 Å². The van der Waals surface area contributed by atoms with Gasteiger partial charge in [0.1, 0.15) is 0 Å². The summed E-state index contributed by atoms with van der Waals surface area (Å²) in [5.74, 6) is 0. The SMILES string of the molecule is CCCCCCCCCCCC[O][Bi]1[c]2ccccc2CN(C(C)(C)C)Cc2cccc[c]21. The van der Waals surface area contributed by atoms with Gasteiger partial charge in [0.25, 0.3) is 0 Å². The fourth-order valence-electron chi connectivity index (χ4n) is 4.64. The van der Waals surface area contributed by atoms with E-state index in [-0.39, 0.29) is 5.54 Å². The Hall–Kier alpha value is -0.757. The molecule has 1 aliphatic rings. The van der Waals surface area contributed by atoms with Gasteiger partial charge >= 0.3 is 206 Å². The van der Waals surface area contributed by atoms with Crippen LogP contribution in [0.5, 0.6) is 0 Å². The van der Waals surface area contributed by atoms with Gasteiger partial charge in [-0.2, -0.15) is 0 Å². The minimum atomic E-state index is -2.49. The first-order valence-corrected chi connectivity index (χ1v) is 18.2. The Balaban J connectivity index is 1.59. The van der Waals surface area contributed by atoms with Gasteiger partial charge in [-0.05, 0) is 0 Å². The van der Waals surface area contributed by atoms with E-state index in [1.165, 1.54) is 75.3 Å². The molecular weight excluding hydrogens is 599 g/mol. The Morgan fingerprint density at radius 3 is 1.64 bits per heavy atom. The summed E-state index contributed by atoms with van der Waals surface area (Å²) in [6.45, 7) is 12.3. The molecule has 0 fully saturated rings. The van der Waals surface area contributed by atoms with Crippen LogP contribution in [0.25, 0.3) is 0 Å². The van der Waals surface area contributed by atoms with Gasteiger partial charge in [-0.25, -0.2) is 0 Å². The summed E-state index contributed by atoms with van der Waals surface area (Å²) in [7, 11) is 0. The van der Waals surface area contributed by atoms with Crippen LogP contribution in [0, 0.1) is 0 Å². The van der Waals surface area contributed by atoms with Crippen molar-refractivity contribution < 1.29 is 2.81 Å². The predicted molar refractivity (Wildman–Crippen MR) is 145 cm³/mol. The maximum atomic E-state index is 6.85. The Labute approximate surface area is 212 Å². The van der Waals surface area contributed by atoms with Crippen LogP contribution in [0.3, 0.4) is 0 Å². The van der Waals surface area contributed by atoms with Crippen LogP contribution in [-0.4, -0.2) is 39.2 Å². The van der Waals surface area contributed by atoms with E-state index in [9.17, 15) is 0 Å². The van der Waals surface area contributed by atoms with E-state index >= 15 is 0 Å². The topological polar surface area (TPSA) is 12.5 Å². The molecule has 0 aromatic heterocycles. The minimum absolute atomic E-state index is 0.138. The molecule has 2 aromatic rings. The molecule has 0 N–H and O–H groups in total. The van der Waals surface area contributed by atoms with Crippen LogP contribution in [0.2, 0.25) is 0 Å². The summed E-state index contributed by atoms with van der Waals surface area (Å²) in [5.41, 5.74) is 3.11. The van der Waals surface area contributed by atoms with Gasteiger partial charge < -0.3 is 0 Å². The third kappa shape index (κ3) is 8.45. The molecule has 0 aliphatic carbocycles. The van der Waals surface area contributed by atoms with Gasteiger partial charge in [0.15, 0.2) is 0 Å². The van der Waals surface area contributed by atoms with E-state index < -0.39 is 22.2 Å². The van der Waals surface area contributed by atoms with Crippen molar-refractivity contribution in [1.82, 2.24) is 4.90 Å². The first kappa shape index (κ1) is 26.8. The second kappa shape index (κ2) is 14.0. The number of unbranched alkanes of at least 4 members (excludes halogenated alkanes) is 9. The van der Waals surface area contributed by atoms with Crippen molar-refractivity contribution in [3.05, 3.63) is 59.7 Å². The number of hydrogen-bond donors (Lipinski definition) is 0. The van der Waals surface area contributed by atoms with E-state index in [0.717, 1.165) is 19.7 Å². The predicted octanol–water partition coefficient (Wildman–Crippen LogP) is 6.84. The van der Waals surface area contributed by atoms with Crippen molar-refractivity contribution in [2.24, 2.45) is 0 Å². The molecule has 0 spiro atoms. The standard InChI is InChI=1S/C18H21N.C12H25O.Bi/c1-18(2,3)19(14-16-10-6-4-7-11-16)15-17-12-8-5-9-13-17;1-2-3-4-5-6-7-8-9-10-11-12-13;/h4-10,12H,14-15H2,1-3H3;2-12H2,1H3;/q;-1;+1. The molecule has 3 rings (SSSR count). The summed E-state index contributed by atoms with van der Waals surface area (Å²) in [4.78, 5) is 2.62. The molecule has 1 aliphatic heterocycles. The molecule has 0 radical (unpaired) electrons. The molecule has 0 atom stereocenters. The van der Waals surface area contributed by atoms with E-state index in [4.69, 9.17) is 2.81 Å². The van der Waals surface area contributed by atoms with Crippen LogP contribution < -0.4 is 6.54 Å². The fraction of sp³-hybridized carbons (Fsp3) is 0.600. The number of benzene rings is 2. The zero-order valence-electron chi connectivity index (χ0n) is 21.6. The van der Waals surface area contributed by atoms with Gasteiger partial charge in [0.2, 0.25) is 0 Å².